The molecule has 0 aliphatic carbocycles. The largest absolute Gasteiger partial charge is 0.342 e. The minimum Gasteiger partial charge on any atom is -0.342 e. The Morgan fingerprint density at radius 2 is 2.30 bits per heavy atom. The van der Waals surface area contributed by atoms with Crippen LogP contribution in [0, 0.1) is 12.8 Å². The van der Waals surface area contributed by atoms with Crippen LogP contribution in [0.3, 0.4) is 0 Å². The van der Waals surface area contributed by atoms with Gasteiger partial charge < -0.3 is 4.90 Å². The lowest BCUT2D eigenvalue weighted by atomic mass is 10.2. The molecule has 0 bridgehead atoms. The summed E-state index contributed by atoms with van der Waals surface area (Å²) in [5.41, 5.74) is 1.02. The Hall–Kier alpha value is -1.41. The number of sulfonamides is 1. The Morgan fingerprint density at radius 1 is 1.55 bits per heavy atom. The van der Waals surface area contributed by atoms with E-state index < -0.39 is 10.0 Å². The van der Waals surface area contributed by atoms with Crippen molar-refractivity contribution in [3.05, 3.63) is 18.0 Å². The summed E-state index contributed by atoms with van der Waals surface area (Å²) in [6.07, 6.45) is 2.78. The van der Waals surface area contributed by atoms with E-state index in [9.17, 15) is 13.2 Å². The van der Waals surface area contributed by atoms with Crippen molar-refractivity contribution in [1.29, 1.82) is 0 Å². The number of likely N-dealkylation sites (tertiary alicyclic amines) is 1. The monoisotopic (exact) mass is 300 g/mol. The normalized spacial score (nSPS) is 19.5. The van der Waals surface area contributed by atoms with Crippen molar-refractivity contribution in [2.75, 3.05) is 18.8 Å². The maximum Gasteiger partial charge on any atom is 0.224 e. The van der Waals surface area contributed by atoms with Gasteiger partial charge in [-0.25, -0.2) is 13.6 Å². The molecular weight excluding hydrogens is 280 g/mol. The number of carbonyl (C=O) groups excluding carboxylic acids is 1. The number of nitrogens with zero attached hydrogens (tertiary/aromatic N) is 3. The van der Waals surface area contributed by atoms with E-state index in [1.807, 2.05) is 13.0 Å². The molecule has 2 rings (SSSR count). The second-order valence-electron chi connectivity index (χ2n) is 5.27. The molecule has 1 aromatic rings. The minimum atomic E-state index is -3.46. The van der Waals surface area contributed by atoms with Crippen LogP contribution in [-0.2, 0) is 21.4 Å². The number of nitrogens with two attached hydrogens (primary N) is 1. The summed E-state index contributed by atoms with van der Waals surface area (Å²) < 4.78 is 23.9. The fourth-order valence-corrected chi connectivity index (χ4v) is 3.45. The number of hydrogen-bond acceptors (Lipinski definition) is 4. The highest BCUT2D eigenvalue weighted by Crippen LogP contribution is 2.18. The first-order chi connectivity index (χ1) is 9.35. The third-order valence-corrected chi connectivity index (χ3v) is 4.51. The Kier molecular flexibility index (Phi) is 4.44. The Labute approximate surface area is 118 Å². The van der Waals surface area contributed by atoms with Crippen molar-refractivity contribution < 1.29 is 13.2 Å². The van der Waals surface area contributed by atoms with Gasteiger partial charge in [-0.2, -0.15) is 5.10 Å². The van der Waals surface area contributed by atoms with E-state index in [0.717, 1.165) is 5.69 Å². The van der Waals surface area contributed by atoms with Gasteiger partial charge in [-0.05, 0) is 25.3 Å². The van der Waals surface area contributed by atoms with E-state index in [1.165, 1.54) is 0 Å². The van der Waals surface area contributed by atoms with Crippen molar-refractivity contribution in [3.8, 4) is 0 Å². The molecule has 1 atom stereocenters. The molecule has 1 amide bonds. The average Bonchev–Trinajstić information content (AvgIpc) is 2.93. The zero-order chi connectivity index (χ0) is 14.8. The van der Waals surface area contributed by atoms with Gasteiger partial charge in [0.2, 0.25) is 15.9 Å². The van der Waals surface area contributed by atoms with Crippen molar-refractivity contribution in [2.45, 2.75) is 26.3 Å². The fraction of sp³-hybridized carbons (Fsp3) is 0.667. The van der Waals surface area contributed by atoms with E-state index in [1.54, 1.807) is 15.8 Å². The third-order valence-electron chi connectivity index (χ3n) is 3.57. The van der Waals surface area contributed by atoms with Gasteiger partial charge in [-0.3, -0.25) is 9.48 Å². The van der Waals surface area contributed by atoms with E-state index in [4.69, 9.17) is 5.14 Å². The molecule has 0 aromatic carbocycles. The Balaban J connectivity index is 1.81. The second kappa shape index (κ2) is 5.92. The smallest absolute Gasteiger partial charge is 0.224 e. The first-order valence-corrected chi connectivity index (χ1v) is 8.33. The third kappa shape index (κ3) is 4.04. The predicted octanol–water partition coefficient (Wildman–Crippen LogP) is -0.281. The van der Waals surface area contributed by atoms with Gasteiger partial charge >= 0.3 is 0 Å². The average molecular weight is 300 g/mol. The standard InChI is InChI=1S/C12H20N4O3S/c1-10-2-5-14-16(10)7-4-12(17)15-6-3-11(8-15)9-20(13,18)19/h2,5,11H,3-4,6-9H2,1H3,(H2,13,18,19)/t11-/m0/s1. The summed E-state index contributed by atoms with van der Waals surface area (Å²) >= 11 is 0. The quantitative estimate of drug-likeness (QED) is 0.808. The zero-order valence-electron chi connectivity index (χ0n) is 11.5. The number of aromatic nitrogens is 2. The maximum absolute atomic E-state index is 12.1. The first kappa shape index (κ1) is 15.0. The highest BCUT2D eigenvalue weighted by molar-refractivity contribution is 7.89. The van der Waals surface area contributed by atoms with Crippen LogP contribution < -0.4 is 5.14 Å². The molecule has 0 spiro atoms. The van der Waals surface area contributed by atoms with Crippen molar-refractivity contribution in [3.63, 3.8) is 0 Å². The summed E-state index contributed by atoms with van der Waals surface area (Å²) in [6.45, 7) is 3.58. The molecule has 112 valence electrons. The van der Waals surface area contributed by atoms with Crippen LogP contribution in [0.2, 0.25) is 0 Å². The lowest BCUT2D eigenvalue weighted by molar-refractivity contribution is -0.130. The Morgan fingerprint density at radius 3 is 2.90 bits per heavy atom. The van der Waals surface area contributed by atoms with Gasteiger partial charge in [0.25, 0.3) is 0 Å². The zero-order valence-corrected chi connectivity index (χ0v) is 12.3. The lowest BCUT2D eigenvalue weighted by Gasteiger charge is -2.16. The van der Waals surface area contributed by atoms with Gasteiger partial charge in [-0.15, -0.1) is 0 Å². The molecule has 8 heteroatoms. The molecule has 1 aromatic heterocycles. The van der Waals surface area contributed by atoms with E-state index in [2.05, 4.69) is 5.10 Å². The van der Waals surface area contributed by atoms with Gasteiger partial charge in [0.1, 0.15) is 0 Å². The predicted molar refractivity (Wildman–Crippen MR) is 74.2 cm³/mol. The van der Waals surface area contributed by atoms with Gasteiger partial charge in [0.15, 0.2) is 0 Å². The molecule has 20 heavy (non-hydrogen) atoms. The molecule has 0 unspecified atom stereocenters. The van der Waals surface area contributed by atoms with E-state index in [0.29, 0.717) is 32.5 Å². The minimum absolute atomic E-state index is 0.0387. The van der Waals surface area contributed by atoms with E-state index >= 15 is 0 Å². The molecule has 1 saturated heterocycles. The number of carbonyl (C=O) groups is 1. The SMILES string of the molecule is Cc1ccnn1CCC(=O)N1CC[C@H](CS(N)(=O)=O)C1. The van der Waals surface area contributed by atoms with Gasteiger partial charge in [0.05, 0.1) is 5.75 Å². The molecular formula is C12H20N4O3S. The van der Waals surface area contributed by atoms with Crippen molar-refractivity contribution in [1.82, 2.24) is 14.7 Å². The van der Waals surface area contributed by atoms with Crippen LogP contribution in [0.5, 0.6) is 0 Å². The molecule has 1 fully saturated rings. The number of primary sulfonamides is 1. The van der Waals surface area contributed by atoms with Crippen LogP contribution in [0.15, 0.2) is 12.3 Å². The van der Waals surface area contributed by atoms with Crippen LogP contribution in [0.4, 0.5) is 0 Å². The summed E-state index contributed by atoms with van der Waals surface area (Å²) in [4.78, 5) is 13.8. The second-order valence-corrected chi connectivity index (χ2v) is 6.93. The lowest BCUT2D eigenvalue weighted by Crippen LogP contribution is -2.31. The summed E-state index contributed by atoms with van der Waals surface area (Å²) in [5.74, 6) is -0.0492. The van der Waals surface area contributed by atoms with Crippen molar-refractivity contribution >= 4 is 15.9 Å². The van der Waals surface area contributed by atoms with Gasteiger partial charge in [0, 0.05) is 37.9 Å². The van der Waals surface area contributed by atoms with Crippen LogP contribution >= 0.6 is 0 Å². The molecule has 1 aliphatic heterocycles. The topological polar surface area (TPSA) is 98.3 Å². The highest BCUT2D eigenvalue weighted by atomic mass is 32.2. The number of rotatable bonds is 5. The number of hydrogen-bond donors (Lipinski definition) is 1. The fourth-order valence-electron chi connectivity index (χ4n) is 2.52. The first-order valence-electron chi connectivity index (χ1n) is 6.62. The Bertz CT molecular complexity index is 581. The number of aryl methyl sites for hydroxylation is 2. The van der Waals surface area contributed by atoms with Gasteiger partial charge in [-0.1, -0.05) is 0 Å². The number of amides is 1. The molecule has 1 aliphatic rings. The van der Waals surface area contributed by atoms with Crippen molar-refractivity contribution in [2.24, 2.45) is 11.1 Å². The van der Waals surface area contributed by atoms with Crippen LogP contribution in [0.25, 0.3) is 0 Å². The molecule has 7 nitrogen and oxygen atoms in total. The van der Waals surface area contributed by atoms with Crippen LogP contribution in [-0.4, -0.2) is 47.8 Å². The molecule has 2 N–H and O–H groups in total. The summed E-state index contributed by atoms with van der Waals surface area (Å²) in [5, 5.41) is 9.16. The molecule has 0 saturated carbocycles. The highest BCUT2D eigenvalue weighted by Gasteiger charge is 2.28. The molecule has 2 heterocycles. The maximum atomic E-state index is 12.1. The van der Waals surface area contributed by atoms with Crippen LogP contribution in [0.1, 0.15) is 18.5 Å². The molecule has 0 radical (unpaired) electrons. The van der Waals surface area contributed by atoms with E-state index in [-0.39, 0.29) is 17.6 Å². The summed E-state index contributed by atoms with van der Waals surface area (Å²) in [7, 11) is -3.46. The summed E-state index contributed by atoms with van der Waals surface area (Å²) in [6, 6.07) is 1.89.